The van der Waals surface area contributed by atoms with Crippen LogP contribution in [-0.4, -0.2) is 36.1 Å². The second-order valence-electron chi connectivity index (χ2n) is 7.45. The first-order chi connectivity index (χ1) is 8.92. The molecule has 1 spiro atoms. The molecule has 0 amide bonds. The molecule has 2 heterocycles. The van der Waals surface area contributed by atoms with Crippen LogP contribution >= 0.6 is 0 Å². The number of hydrogen-bond acceptors (Lipinski definition) is 3. The molecule has 1 N–H and O–H groups in total. The van der Waals surface area contributed by atoms with Gasteiger partial charge in [-0.3, -0.25) is 0 Å². The maximum Gasteiger partial charge on any atom is 0.0876 e. The molecule has 0 aromatic carbocycles. The fraction of sp³-hybridized carbons (Fsp3) is 0.875. The van der Waals surface area contributed by atoms with Crippen molar-refractivity contribution in [3.05, 3.63) is 12.2 Å². The summed E-state index contributed by atoms with van der Waals surface area (Å²) in [5.74, 6) is 0.952. The number of hydrogen-bond donors (Lipinski definition) is 1. The Morgan fingerprint density at radius 3 is 2.74 bits per heavy atom. The first-order valence-corrected chi connectivity index (χ1v) is 7.55. The van der Waals surface area contributed by atoms with Gasteiger partial charge in [0.2, 0.25) is 0 Å². The Bertz CT molecular complexity index is 447. The van der Waals surface area contributed by atoms with Gasteiger partial charge in [0.1, 0.15) is 0 Å². The van der Waals surface area contributed by atoms with E-state index in [1.54, 1.807) is 0 Å². The van der Waals surface area contributed by atoms with E-state index in [0.717, 1.165) is 18.4 Å². The molecule has 3 nitrogen and oxygen atoms in total. The molecule has 0 unspecified atom stereocenters. The predicted octanol–water partition coefficient (Wildman–Crippen LogP) is 2.14. The summed E-state index contributed by atoms with van der Waals surface area (Å²) in [6.45, 7) is 11.4. The molecular formula is C16H24O3. The lowest BCUT2D eigenvalue weighted by Crippen LogP contribution is -2.49. The van der Waals surface area contributed by atoms with Crippen molar-refractivity contribution >= 4 is 0 Å². The van der Waals surface area contributed by atoms with Gasteiger partial charge in [0.15, 0.2) is 0 Å². The summed E-state index contributed by atoms with van der Waals surface area (Å²) in [5.41, 5.74) is 0.796. The molecule has 4 fully saturated rings. The van der Waals surface area contributed by atoms with Crippen LogP contribution < -0.4 is 0 Å². The standard InChI is InChI=1S/C16H24O3/c1-8-5-12-13(19-12)11-6-16(14(17)15(8,11)4)9(2)7-18-10(16)3/h8,10-14,17H,2,5-7H2,1,3-4H3/t8-,10+,11-,12-,13+,14-,15+,16+/m1/s1. The third-order valence-corrected chi connectivity index (χ3v) is 6.99. The molecule has 4 rings (SSSR count). The van der Waals surface area contributed by atoms with Gasteiger partial charge in [0.25, 0.3) is 0 Å². The Labute approximate surface area is 115 Å². The fourth-order valence-electron chi connectivity index (χ4n) is 5.38. The summed E-state index contributed by atoms with van der Waals surface area (Å²) in [6.07, 6.45) is 2.61. The largest absolute Gasteiger partial charge is 0.392 e. The van der Waals surface area contributed by atoms with E-state index in [4.69, 9.17) is 9.47 Å². The third-order valence-electron chi connectivity index (χ3n) is 6.99. The molecule has 19 heavy (non-hydrogen) atoms. The number of rotatable bonds is 0. The Balaban J connectivity index is 1.81. The molecule has 8 atom stereocenters. The zero-order valence-electron chi connectivity index (χ0n) is 12.1. The Morgan fingerprint density at radius 1 is 1.37 bits per heavy atom. The van der Waals surface area contributed by atoms with Gasteiger partial charge in [0.05, 0.1) is 31.0 Å². The molecule has 106 valence electrons. The summed E-state index contributed by atoms with van der Waals surface area (Å²) < 4.78 is 11.7. The van der Waals surface area contributed by atoms with Crippen molar-refractivity contribution < 1.29 is 14.6 Å². The van der Waals surface area contributed by atoms with Crippen molar-refractivity contribution in [3.8, 4) is 0 Å². The van der Waals surface area contributed by atoms with E-state index in [0.29, 0.717) is 30.7 Å². The SMILES string of the molecule is C=C1CO[C@@H](C)[C@]12C[C@@H]1[C@@H]3O[C@@H]3C[C@@H](C)[C@]1(C)[C@H]2O. The molecule has 2 saturated carbocycles. The van der Waals surface area contributed by atoms with Crippen LogP contribution in [0, 0.1) is 22.7 Å². The van der Waals surface area contributed by atoms with Crippen LogP contribution in [-0.2, 0) is 9.47 Å². The van der Waals surface area contributed by atoms with Crippen molar-refractivity contribution in [2.75, 3.05) is 6.61 Å². The molecule has 0 aromatic heterocycles. The lowest BCUT2D eigenvalue weighted by molar-refractivity contribution is -0.0719. The highest BCUT2D eigenvalue weighted by Crippen LogP contribution is 2.69. The van der Waals surface area contributed by atoms with E-state index >= 15 is 0 Å². The van der Waals surface area contributed by atoms with Crippen LogP contribution in [0.2, 0.25) is 0 Å². The molecule has 0 radical (unpaired) electrons. The topological polar surface area (TPSA) is 42.0 Å². The minimum atomic E-state index is -0.352. The highest BCUT2D eigenvalue weighted by Gasteiger charge is 2.72. The second kappa shape index (κ2) is 3.44. The van der Waals surface area contributed by atoms with Gasteiger partial charge < -0.3 is 14.6 Å². The molecule has 2 saturated heterocycles. The van der Waals surface area contributed by atoms with Crippen LogP contribution in [0.3, 0.4) is 0 Å². The van der Waals surface area contributed by atoms with Crippen molar-refractivity contribution in [3.63, 3.8) is 0 Å². The van der Waals surface area contributed by atoms with E-state index in [9.17, 15) is 5.11 Å². The lowest BCUT2D eigenvalue weighted by Gasteiger charge is -2.44. The van der Waals surface area contributed by atoms with E-state index < -0.39 is 0 Å². The van der Waals surface area contributed by atoms with Gasteiger partial charge in [-0.05, 0) is 37.2 Å². The molecular weight excluding hydrogens is 240 g/mol. The number of aliphatic hydroxyl groups is 1. The number of epoxide rings is 1. The average molecular weight is 264 g/mol. The van der Waals surface area contributed by atoms with E-state index in [-0.39, 0.29) is 23.0 Å². The summed E-state index contributed by atoms with van der Waals surface area (Å²) in [5, 5.41) is 11.2. The predicted molar refractivity (Wildman–Crippen MR) is 71.6 cm³/mol. The first-order valence-electron chi connectivity index (χ1n) is 7.55. The van der Waals surface area contributed by atoms with Gasteiger partial charge >= 0.3 is 0 Å². The highest BCUT2D eigenvalue weighted by molar-refractivity contribution is 5.30. The lowest BCUT2D eigenvalue weighted by atomic mass is 9.61. The zero-order chi connectivity index (χ0) is 13.6. The van der Waals surface area contributed by atoms with Gasteiger partial charge in [-0.25, -0.2) is 0 Å². The van der Waals surface area contributed by atoms with Gasteiger partial charge in [-0.1, -0.05) is 20.4 Å². The average Bonchev–Trinajstić information content (AvgIpc) is 3.01. The van der Waals surface area contributed by atoms with Crippen LogP contribution in [0.4, 0.5) is 0 Å². The quantitative estimate of drug-likeness (QED) is 0.538. The monoisotopic (exact) mass is 264 g/mol. The van der Waals surface area contributed by atoms with Crippen molar-refractivity contribution in [1.82, 2.24) is 0 Å². The number of ether oxygens (including phenoxy) is 2. The number of aliphatic hydroxyl groups excluding tert-OH is 1. The normalized spacial score (nSPS) is 63.3. The Kier molecular flexibility index (Phi) is 2.24. The first kappa shape index (κ1) is 12.4. The van der Waals surface area contributed by atoms with Gasteiger partial charge in [-0.15, -0.1) is 0 Å². The van der Waals surface area contributed by atoms with Gasteiger partial charge in [0, 0.05) is 10.8 Å². The summed E-state index contributed by atoms with van der Waals surface area (Å²) >= 11 is 0. The maximum absolute atomic E-state index is 11.2. The highest BCUT2D eigenvalue weighted by atomic mass is 16.6. The second-order valence-corrected chi connectivity index (χ2v) is 7.45. The zero-order valence-corrected chi connectivity index (χ0v) is 12.1. The maximum atomic E-state index is 11.2. The minimum absolute atomic E-state index is 0.0530. The number of fused-ring (bicyclic) bond motifs is 3. The molecule has 4 aliphatic rings. The molecule has 0 aromatic rings. The van der Waals surface area contributed by atoms with Crippen molar-refractivity contribution in [1.29, 1.82) is 0 Å². The van der Waals surface area contributed by atoms with E-state index in [1.807, 2.05) is 0 Å². The van der Waals surface area contributed by atoms with Gasteiger partial charge in [-0.2, -0.15) is 0 Å². The molecule has 2 aliphatic heterocycles. The van der Waals surface area contributed by atoms with Crippen molar-refractivity contribution in [2.45, 2.75) is 58.0 Å². The van der Waals surface area contributed by atoms with Crippen LogP contribution in [0.5, 0.6) is 0 Å². The fourth-order valence-corrected chi connectivity index (χ4v) is 5.38. The summed E-state index contributed by atoms with van der Waals surface area (Å²) in [6, 6.07) is 0. The Morgan fingerprint density at radius 2 is 2.11 bits per heavy atom. The van der Waals surface area contributed by atoms with E-state index in [1.165, 1.54) is 0 Å². The molecule has 2 aliphatic carbocycles. The van der Waals surface area contributed by atoms with E-state index in [2.05, 4.69) is 27.4 Å². The Hall–Kier alpha value is -0.380. The third kappa shape index (κ3) is 1.21. The van der Waals surface area contributed by atoms with Crippen LogP contribution in [0.15, 0.2) is 12.2 Å². The smallest absolute Gasteiger partial charge is 0.0876 e. The van der Waals surface area contributed by atoms with Crippen LogP contribution in [0.25, 0.3) is 0 Å². The molecule has 0 bridgehead atoms. The summed E-state index contributed by atoms with van der Waals surface area (Å²) in [7, 11) is 0. The van der Waals surface area contributed by atoms with Crippen LogP contribution in [0.1, 0.15) is 33.6 Å². The van der Waals surface area contributed by atoms with Crippen molar-refractivity contribution in [2.24, 2.45) is 22.7 Å². The molecule has 3 heteroatoms. The summed E-state index contributed by atoms with van der Waals surface area (Å²) in [4.78, 5) is 0. The minimum Gasteiger partial charge on any atom is -0.392 e.